The second kappa shape index (κ2) is 8.63. The first kappa shape index (κ1) is 20.0. The van der Waals surface area contributed by atoms with E-state index in [4.69, 9.17) is 9.41 Å². The summed E-state index contributed by atoms with van der Waals surface area (Å²) in [6.07, 6.45) is 7.70. The SMILES string of the molecule is CCN1CC=C(c2ccc(=N/C(=C\C=O)c3ccc4nc(C)oc4c3)n(C)c2)CC1. The second-order valence-electron chi connectivity index (χ2n) is 7.47. The highest BCUT2D eigenvalue weighted by Crippen LogP contribution is 2.23. The maximum absolute atomic E-state index is 11.3. The lowest BCUT2D eigenvalue weighted by molar-refractivity contribution is -0.104. The highest BCUT2D eigenvalue weighted by atomic mass is 16.3. The molecule has 0 fully saturated rings. The zero-order chi connectivity index (χ0) is 21.1. The zero-order valence-electron chi connectivity index (χ0n) is 17.6. The van der Waals surface area contributed by atoms with Gasteiger partial charge in [-0.15, -0.1) is 0 Å². The van der Waals surface area contributed by atoms with Gasteiger partial charge in [0, 0.05) is 44.9 Å². The van der Waals surface area contributed by atoms with Crippen molar-refractivity contribution in [3.8, 4) is 0 Å². The third kappa shape index (κ3) is 4.19. The van der Waals surface area contributed by atoms with E-state index in [0.29, 0.717) is 17.2 Å². The molecule has 6 nitrogen and oxygen atoms in total. The lowest BCUT2D eigenvalue weighted by Gasteiger charge is -2.25. The van der Waals surface area contributed by atoms with Gasteiger partial charge in [-0.2, -0.15) is 0 Å². The number of hydrogen-bond donors (Lipinski definition) is 0. The van der Waals surface area contributed by atoms with Gasteiger partial charge in [-0.3, -0.25) is 9.69 Å². The predicted octanol–water partition coefficient (Wildman–Crippen LogP) is 3.72. The summed E-state index contributed by atoms with van der Waals surface area (Å²) in [6, 6.07) is 9.76. The summed E-state index contributed by atoms with van der Waals surface area (Å²) in [4.78, 5) is 22.7. The number of rotatable bonds is 5. The number of carbonyl (C=O) groups excluding carboxylic acids is 1. The maximum Gasteiger partial charge on any atom is 0.192 e. The summed E-state index contributed by atoms with van der Waals surface area (Å²) in [6.45, 7) is 7.18. The molecule has 0 radical (unpaired) electrons. The van der Waals surface area contributed by atoms with Crippen LogP contribution in [0.1, 0.15) is 30.4 Å². The molecule has 0 bridgehead atoms. The molecule has 6 heteroatoms. The van der Waals surface area contributed by atoms with Crippen LogP contribution in [0.3, 0.4) is 0 Å². The molecule has 0 amide bonds. The van der Waals surface area contributed by atoms with Gasteiger partial charge in [0.05, 0.1) is 5.70 Å². The topological polar surface area (TPSA) is 63.6 Å². The van der Waals surface area contributed by atoms with Crippen LogP contribution >= 0.6 is 0 Å². The number of aldehydes is 1. The van der Waals surface area contributed by atoms with E-state index in [0.717, 1.165) is 48.9 Å². The summed E-state index contributed by atoms with van der Waals surface area (Å²) in [5.74, 6) is 0.612. The quantitative estimate of drug-likeness (QED) is 0.482. The molecule has 0 unspecified atom stereocenters. The van der Waals surface area contributed by atoms with Crippen LogP contribution in [0.5, 0.6) is 0 Å². The number of aryl methyl sites for hydroxylation is 2. The number of allylic oxidation sites excluding steroid dienone is 1. The molecule has 0 aliphatic carbocycles. The average Bonchev–Trinajstić information content (AvgIpc) is 3.14. The molecule has 0 spiro atoms. The van der Waals surface area contributed by atoms with Gasteiger partial charge in [0.15, 0.2) is 11.5 Å². The van der Waals surface area contributed by atoms with Crippen molar-refractivity contribution >= 4 is 28.7 Å². The Morgan fingerprint density at radius 1 is 1.30 bits per heavy atom. The van der Waals surface area contributed by atoms with Gasteiger partial charge < -0.3 is 8.98 Å². The van der Waals surface area contributed by atoms with Gasteiger partial charge in [-0.25, -0.2) is 9.98 Å². The van der Waals surface area contributed by atoms with E-state index in [1.165, 1.54) is 17.2 Å². The highest BCUT2D eigenvalue weighted by molar-refractivity contribution is 5.85. The standard InChI is InChI=1S/C24H26N4O2/c1-4-28-12-9-18(10-13-28)20-6-8-24(27(3)16-20)26-21(11-14-29)19-5-7-22-23(15-19)30-17(2)25-22/h5-9,11,14-16H,4,10,12-13H2,1-3H3/b21-11-,26-24?. The molecule has 1 aliphatic heterocycles. The molecule has 1 aliphatic rings. The van der Waals surface area contributed by atoms with Crippen molar-refractivity contribution in [1.29, 1.82) is 0 Å². The van der Waals surface area contributed by atoms with E-state index in [2.05, 4.69) is 35.1 Å². The molecule has 0 atom stereocenters. The number of fused-ring (bicyclic) bond motifs is 1. The third-order valence-corrected chi connectivity index (χ3v) is 5.47. The summed E-state index contributed by atoms with van der Waals surface area (Å²) in [5.41, 5.74) is 6.22. The molecule has 0 saturated carbocycles. The van der Waals surface area contributed by atoms with E-state index < -0.39 is 0 Å². The second-order valence-corrected chi connectivity index (χ2v) is 7.47. The van der Waals surface area contributed by atoms with Crippen molar-refractivity contribution in [2.24, 2.45) is 12.0 Å². The van der Waals surface area contributed by atoms with Crippen molar-refractivity contribution in [3.63, 3.8) is 0 Å². The van der Waals surface area contributed by atoms with Crippen LogP contribution < -0.4 is 5.49 Å². The van der Waals surface area contributed by atoms with Crippen LogP contribution in [0, 0.1) is 6.92 Å². The first-order valence-electron chi connectivity index (χ1n) is 10.2. The minimum Gasteiger partial charge on any atom is -0.441 e. The Labute approximate surface area is 175 Å². The predicted molar refractivity (Wildman–Crippen MR) is 118 cm³/mol. The zero-order valence-corrected chi connectivity index (χ0v) is 17.6. The van der Waals surface area contributed by atoms with Crippen molar-refractivity contribution < 1.29 is 9.21 Å². The summed E-state index contributed by atoms with van der Waals surface area (Å²) >= 11 is 0. The number of nitrogens with zero attached hydrogens (tertiary/aromatic N) is 4. The Hall–Kier alpha value is -3.25. The number of carbonyl (C=O) groups is 1. The Bertz CT molecular complexity index is 1210. The Morgan fingerprint density at radius 2 is 2.17 bits per heavy atom. The highest BCUT2D eigenvalue weighted by Gasteiger charge is 2.12. The van der Waals surface area contributed by atoms with E-state index in [1.807, 2.05) is 42.8 Å². The number of oxazole rings is 1. The number of pyridine rings is 1. The number of likely N-dealkylation sites (N-methyl/N-ethyl adjacent to an activating group) is 1. The van der Waals surface area contributed by atoms with Crippen molar-refractivity contribution in [1.82, 2.24) is 14.5 Å². The Morgan fingerprint density at radius 3 is 2.87 bits per heavy atom. The Kier molecular flexibility index (Phi) is 5.77. The first-order chi connectivity index (χ1) is 14.6. The van der Waals surface area contributed by atoms with Gasteiger partial charge in [0.25, 0.3) is 0 Å². The summed E-state index contributed by atoms with van der Waals surface area (Å²) in [5, 5.41) is 0. The number of benzene rings is 1. The molecular formula is C24H26N4O2. The molecule has 4 rings (SSSR count). The van der Waals surface area contributed by atoms with Gasteiger partial charge in [0.1, 0.15) is 17.3 Å². The molecule has 154 valence electrons. The van der Waals surface area contributed by atoms with Crippen molar-refractivity contribution in [3.05, 3.63) is 71.2 Å². The molecule has 0 saturated heterocycles. The average molecular weight is 402 g/mol. The number of hydrogen-bond acceptors (Lipinski definition) is 5. The fourth-order valence-corrected chi connectivity index (χ4v) is 3.75. The van der Waals surface area contributed by atoms with Crippen LogP contribution in [0.15, 0.2) is 58.1 Å². The van der Waals surface area contributed by atoms with Crippen LogP contribution in [-0.4, -0.2) is 40.4 Å². The van der Waals surface area contributed by atoms with Crippen LogP contribution in [-0.2, 0) is 11.8 Å². The van der Waals surface area contributed by atoms with E-state index >= 15 is 0 Å². The minimum atomic E-state index is 0.583. The maximum atomic E-state index is 11.3. The lowest BCUT2D eigenvalue weighted by atomic mass is 10.0. The smallest absolute Gasteiger partial charge is 0.192 e. The number of aromatic nitrogens is 2. The van der Waals surface area contributed by atoms with Gasteiger partial charge in [0.2, 0.25) is 0 Å². The van der Waals surface area contributed by atoms with Gasteiger partial charge in [-0.1, -0.05) is 19.1 Å². The first-order valence-corrected chi connectivity index (χ1v) is 10.2. The third-order valence-electron chi connectivity index (χ3n) is 5.47. The summed E-state index contributed by atoms with van der Waals surface area (Å²) in [7, 11) is 1.98. The summed E-state index contributed by atoms with van der Waals surface area (Å²) < 4.78 is 7.62. The molecule has 0 N–H and O–H groups in total. The molecule has 3 heterocycles. The lowest BCUT2D eigenvalue weighted by Crippen LogP contribution is -2.28. The Balaban J connectivity index is 1.68. The van der Waals surface area contributed by atoms with Gasteiger partial charge in [-0.05, 0) is 48.4 Å². The van der Waals surface area contributed by atoms with Crippen LogP contribution in [0.2, 0.25) is 0 Å². The van der Waals surface area contributed by atoms with Gasteiger partial charge >= 0.3 is 0 Å². The molecular weight excluding hydrogens is 376 g/mol. The van der Waals surface area contributed by atoms with Crippen LogP contribution in [0.25, 0.3) is 22.4 Å². The monoisotopic (exact) mass is 402 g/mol. The minimum absolute atomic E-state index is 0.583. The largest absolute Gasteiger partial charge is 0.441 e. The van der Waals surface area contributed by atoms with E-state index in [9.17, 15) is 4.79 Å². The fraction of sp³-hybridized carbons (Fsp3) is 0.292. The van der Waals surface area contributed by atoms with Crippen molar-refractivity contribution in [2.45, 2.75) is 20.3 Å². The van der Waals surface area contributed by atoms with Crippen molar-refractivity contribution in [2.75, 3.05) is 19.6 Å². The molecule has 1 aromatic carbocycles. The van der Waals surface area contributed by atoms with E-state index in [1.54, 1.807) is 0 Å². The normalized spacial score (nSPS) is 16.2. The molecule has 30 heavy (non-hydrogen) atoms. The fourth-order valence-electron chi connectivity index (χ4n) is 3.75. The van der Waals surface area contributed by atoms with E-state index in [-0.39, 0.29) is 0 Å². The van der Waals surface area contributed by atoms with Crippen LogP contribution in [0.4, 0.5) is 0 Å². The molecule has 3 aromatic rings. The molecule has 2 aromatic heterocycles.